The summed E-state index contributed by atoms with van der Waals surface area (Å²) < 4.78 is 0. The minimum atomic E-state index is -0.378. The van der Waals surface area contributed by atoms with E-state index in [2.05, 4.69) is 4.98 Å². The van der Waals surface area contributed by atoms with Gasteiger partial charge >= 0.3 is 0 Å². The molecule has 0 amide bonds. The highest BCUT2D eigenvalue weighted by atomic mass is 16.6. The molecule has 4 heteroatoms. The van der Waals surface area contributed by atoms with Crippen molar-refractivity contribution in [3.05, 3.63) is 40.2 Å². The zero-order valence-corrected chi connectivity index (χ0v) is 5.23. The lowest BCUT2D eigenvalue weighted by molar-refractivity contribution is -0.496. The molecular formula is C6H6N2O2. The fourth-order valence-corrected chi connectivity index (χ4v) is 0.641. The lowest BCUT2D eigenvalue weighted by Crippen LogP contribution is -1.97. The standard InChI is InChI=1S/C6H6N2O2/c9-8(10)5-6-2-1-3-7-4-6/h1-4H,5H2. The molecule has 0 saturated heterocycles. The van der Waals surface area contributed by atoms with Crippen LogP contribution in [0.3, 0.4) is 0 Å². The molecule has 0 saturated carbocycles. The van der Waals surface area contributed by atoms with E-state index < -0.39 is 0 Å². The Labute approximate surface area is 57.7 Å². The van der Waals surface area contributed by atoms with Gasteiger partial charge < -0.3 is 0 Å². The molecular weight excluding hydrogens is 132 g/mol. The van der Waals surface area contributed by atoms with Crippen LogP contribution in [0.2, 0.25) is 0 Å². The maximum Gasteiger partial charge on any atom is 0.230 e. The highest BCUT2D eigenvalue weighted by Gasteiger charge is 1.97. The number of nitrogens with zero attached hydrogens (tertiary/aromatic N) is 2. The summed E-state index contributed by atoms with van der Waals surface area (Å²) in [6, 6.07) is 3.36. The second kappa shape index (κ2) is 2.91. The molecule has 1 rings (SSSR count). The molecule has 10 heavy (non-hydrogen) atoms. The van der Waals surface area contributed by atoms with Gasteiger partial charge in [-0.15, -0.1) is 0 Å². The quantitative estimate of drug-likeness (QED) is 0.449. The first-order valence-corrected chi connectivity index (χ1v) is 2.80. The summed E-state index contributed by atoms with van der Waals surface area (Å²) in [6.07, 6.45) is 3.08. The summed E-state index contributed by atoms with van der Waals surface area (Å²) in [7, 11) is 0. The molecule has 0 atom stereocenters. The van der Waals surface area contributed by atoms with Crippen molar-refractivity contribution in [2.45, 2.75) is 6.54 Å². The molecule has 0 fully saturated rings. The van der Waals surface area contributed by atoms with Crippen molar-refractivity contribution in [3.63, 3.8) is 0 Å². The van der Waals surface area contributed by atoms with Gasteiger partial charge in [0.1, 0.15) is 0 Å². The fraction of sp³-hybridized carbons (Fsp3) is 0.167. The Morgan fingerprint density at radius 2 is 2.50 bits per heavy atom. The van der Waals surface area contributed by atoms with Crippen molar-refractivity contribution < 1.29 is 4.92 Å². The summed E-state index contributed by atoms with van der Waals surface area (Å²) >= 11 is 0. The summed E-state index contributed by atoms with van der Waals surface area (Å²) in [5, 5.41) is 9.95. The maximum absolute atomic E-state index is 9.95. The second-order valence-electron chi connectivity index (χ2n) is 1.85. The Kier molecular flexibility index (Phi) is 1.94. The third-order valence-corrected chi connectivity index (χ3v) is 1.03. The number of pyridine rings is 1. The number of aromatic nitrogens is 1. The number of hydrogen-bond donors (Lipinski definition) is 0. The highest BCUT2D eigenvalue weighted by Crippen LogP contribution is 1.95. The first-order chi connectivity index (χ1) is 4.79. The van der Waals surface area contributed by atoms with Gasteiger partial charge in [-0.3, -0.25) is 15.1 Å². The minimum Gasteiger partial charge on any atom is -0.264 e. The van der Waals surface area contributed by atoms with Gasteiger partial charge in [0.05, 0.1) is 0 Å². The smallest absolute Gasteiger partial charge is 0.230 e. The van der Waals surface area contributed by atoms with Gasteiger partial charge in [0.15, 0.2) is 0 Å². The maximum atomic E-state index is 9.95. The van der Waals surface area contributed by atoms with Gasteiger partial charge in [-0.2, -0.15) is 0 Å². The lowest BCUT2D eigenvalue weighted by Gasteiger charge is -1.90. The third kappa shape index (κ3) is 1.81. The van der Waals surface area contributed by atoms with Gasteiger partial charge in [-0.05, 0) is 12.1 Å². The number of nitro groups is 1. The van der Waals surface area contributed by atoms with E-state index in [-0.39, 0.29) is 11.5 Å². The first-order valence-electron chi connectivity index (χ1n) is 2.80. The van der Waals surface area contributed by atoms with Gasteiger partial charge in [0.2, 0.25) is 6.54 Å². The van der Waals surface area contributed by atoms with Crippen LogP contribution in [0.25, 0.3) is 0 Å². The van der Waals surface area contributed by atoms with Crippen molar-refractivity contribution in [2.24, 2.45) is 0 Å². The van der Waals surface area contributed by atoms with Crippen molar-refractivity contribution in [1.29, 1.82) is 0 Å². The van der Waals surface area contributed by atoms with Crippen molar-refractivity contribution in [2.75, 3.05) is 0 Å². The van der Waals surface area contributed by atoms with E-state index in [1.807, 2.05) is 0 Å². The third-order valence-electron chi connectivity index (χ3n) is 1.03. The van der Waals surface area contributed by atoms with E-state index in [0.717, 1.165) is 0 Å². The molecule has 1 aromatic heterocycles. The van der Waals surface area contributed by atoms with Crippen molar-refractivity contribution in [3.8, 4) is 0 Å². The number of rotatable bonds is 2. The molecule has 0 aliphatic rings. The average Bonchev–Trinajstić information content (AvgIpc) is 1.88. The van der Waals surface area contributed by atoms with E-state index in [1.54, 1.807) is 18.3 Å². The minimum absolute atomic E-state index is 0.145. The molecule has 0 spiro atoms. The predicted octanol–water partition coefficient (Wildman–Crippen LogP) is 0.858. The van der Waals surface area contributed by atoms with Crippen LogP contribution in [0.4, 0.5) is 0 Å². The van der Waals surface area contributed by atoms with Crippen molar-refractivity contribution in [1.82, 2.24) is 4.98 Å². The first kappa shape index (κ1) is 6.67. The highest BCUT2D eigenvalue weighted by molar-refractivity contribution is 5.06. The zero-order valence-electron chi connectivity index (χ0n) is 5.23. The van der Waals surface area contributed by atoms with Crippen molar-refractivity contribution >= 4 is 0 Å². The molecule has 4 nitrogen and oxygen atoms in total. The van der Waals surface area contributed by atoms with Gasteiger partial charge in [0.25, 0.3) is 0 Å². The average molecular weight is 138 g/mol. The molecule has 0 bridgehead atoms. The van der Waals surface area contributed by atoms with E-state index in [0.29, 0.717) is 5.56 Å². The monoisotopic (exact) mass is 138 g/mol. The molecule has 0 N–H and O–H groups in total. The van der Waals surface area contributed by atoms with Gasteiger partial charge in [0, 0.05) is 22.9 Å². The fourth-order valence-electron chi connectivity index (χ4n) is 0.641. The van der Waals surface area contributed by atoms with Crippen LogP contribution in [0.5, 0.6) is 0 Å². The van der Waals surface area contributed by atoms with E-state index in [1.165, 1.54) is 6.20 Å². The van der Waals surface area contributed by atoms with Crippen LogP contribution < -0.4 is 0 Å². The van der Waals surface area contributed by atoms with Crippen LogP contribution in [-0.4, -0.2) is 9.91 Å². The normalized spacial score (nSPS) is 9.20. The largest absolute Gasteiger partial charge is 0.264 e. The Balaban J connectivity index is 2.67. The predicted molar refractivity (Wildman–Crippen MR) is 34.9 cm³/mol. The van der Waals surface area contributed by atoms with Crippen LogP contribution in [0.1, 0.15) is 5.56 Å². The Bertz CT molecular complexity index is 222. The van der Waals surface area contributed by atoms with Crippen LogP contribution >= 0.6 is 0 Å². The van der Waals surface area contributed by atoms with E-state index >= 15 is 0 Å². The second-order valence-corrected chi connectivity index (χ2v) is 1.85. The summed E-state index contributed by atoms with van der Waals surface area (Å²) in [5.74, 6) is 0. The van der Waals surface area contributed by atoms with Crippen LogP contribution in [0, 0.1) is 10.1 Å². The van der Waals surface area contributed by atoms with Gasteiger partial charge in [-0.1, -0.05) is 0 Å². The summed E-state index contributed by atoms with van der Waals surface area (Å²) in [4.78, 5) is 13.3. The van der Waals surface area contributed by atoms with Gasteiger partial charge in [-0.25, -0.2) is 0 Å². The molecule has 0 radical (unpaired) electrons. The molecule has 0 aromatic carbocycles. The lowest BCUT2D eigenvalue weighted by atomic mass is 10.3. The topological polar surface area (TPSA) is 56.0 Å². The SMILES string of the molecule is O=[N+]([O-])Cc1cccnc1. The summed E-state index contributed by atoms with van der Waals surface area (Å²) in [6.45, 7) is -0.145. The van der Waals surface area contributed by atoms with Crippen LogP contribution in [-0.2, 0) is 6.54 Å². The zero-order chi connectivity index (χ0) is 7.40. The molecule has 0 unspecified atom stereocenters. The summed E-state index contributed by atoms with van der Waals surface area (Å²) in [5.41, 5.74) is 0.632. The molecule has 0 aliphatic heterocycles. The molecule has 52 valence electrons. The Morgan fingerprint density at radius 1 is 1.70 bits per heavy atom. The molecule has 0 aliphatic carbocycles. The Hall–Kier alpha value is -1.45. The van der Waals surface area contributed by atoms with E-state index in [9.17, 15) is 10.1 Å². The molecule has 1 heterocycles. The Morgan fingerprint density at radius 3 is 3.00 bits per heavy atom. The van der Waals surface area contributed by atoms with Crippen LogP contribution in [0.15, 0.2) is 24.5 Å². The van der Waals surface area contributed by atoms with E-state index in [4.69, 9.17) is 0 Å². The molecule has 1 aromatic rings. The number of hydrogen-bond acceptors (Lipinski definition) is 3.